The van der Waals surface area contributed by atoms with Crippen molar-refractivity contribution in [1.29, 1.82) is 0 Å². The van der Waals surface area contributed by atoms with Gasteiger partial charge in [0.1, 0.15) is 0 Å². The molecule has 0 aliphatic heterocycles. The highest BCUT2D eigenvalue weighted by molar-refractivity contribution is 5.31. The third-order valence-electron chi connectivity index (χ3n) is 3.77. The molecule has 2 aromatic heterocycles. The first-order chi connectivity index (χ1) is 8.79. The molecule has 0 radical (unpaired) electrons. The third-order valence-corrected chi connectivity index (χ3v) is 3.77. The zero-order chi connectivity index (χ0) is 12.5. The van der Waals surface area contributed by atoms with Gasteiger partial charge in [0.05, 0.1) is 11.7 Å². The Morgan fingerprint density at radius 1 is 1.44 bits per heavy atom. The van der Waals surface area contributed by atoms with Crippen LogP contribution in [0.2, 0.25) is 0 Å². The number of hydrogen-bond acceptors (Lipinski definition) is 3. The summed E-state index contributed by atoms with van der Waals surface area (Å²) >= 11 is 0. The van der Waals surface area contributed by atoms with E-state index in [0.717, 1.165) is 18.5 Å². The van der Waals surface area contributed by atoms with Gasteiger partial charge in [0.2, 0.25) is 0 Å². The van der Waals surface area contributed by atoms with Crippen molar-refractivity contribution in [3.05, 3.63) is 47.5 Å². The molecular formula is C14H18N4. The summed E-state index contributed by atoms with van der Waals surface area (Å²) in [6, 6.07) is 6.55. The Bertz CT molecular complexity index is 546. The Kier molecular flexibility index (Phi) is 2.88. The normalized spacial score (nSPS) is 19.8. The molecule has 0 bridgehead atoms. The lowest BCUT2D eigenvalue weighted by Crippen LogP contribution is -2.23. The van der Waals surface area contributed by atoms with Gasteiger partial charge in [0.25, 0.3) is 0 Å². The molecule has 0 saturated carbocycles. The molecule has 0 saturated heterocycles. The van der Waals surface area contributed by atoms with Crippen molar-refractivity contribution < 1.29 is 0 Å². The third kappa shape index (κ3) is 1.82. The van der Waals surface area contributed by atoms with Gasteiger partial charge < -0.3 is 5.32 Å². The molecule has 3 rings (SSSR count). The van der Waals surface area contributed by atoms with Gasteiger partial charge in [-0.1, -0.05) is 6.07 Å². The summed E-state index contributed by atoms with van der Waals surface area (Å²) < 4.78 is 1.86. The molecular weight excluding hydrogens is 224 g/mol. The number of hydrogen-bond donors (Lipinski definition) is 1. The molecule has 2 unspecified atom stereocenters. The number of aryl methyl sites for hydroxylation is 2. The molecule has 2 aromatic rings. The van der Waals surface area contributed by atoms with E-state index in [1.807, 2.05) is 37.2 Å². The van der Waals surface area contributed by atoms with Gasteiger partial charge in [-0.25, -0.2) is 0 Å². The second-order valence-electron chi connectivity index (χ2n) is 4.87. The monoisotopic (exact) mass is 242 g/mol. The van der Waals surface area contributed by atoms with Crippen LogP contribution in [-0.2, 0) is 13.5 Å². The molecule has 2 atom stereocenters. The summed E-state index contributed by atoms with van der Waals surface area (Å²) in [5, 5.41) is 7.92. The molecule has 2 heterocycles. The van der Waals surface area contributed by atoms with E-state index in [-0.39, 0.29) is 6.04 Å². The van der Waals surface area contributed by atoms with Crippen molar-refractivity contribution in [3.8, 4) is 0 Å². The number of nitrogens with zero attached hydrogens (tertiary/aromatic N) is 3. The highest BCUT2D eigenvalue weighted by Gasteiger charge is 2.32. The number of rotatable bonds is 3. The van der Waals surface area contributed by atoms with Crippen LogP contribution in [0.1, 0.15) is 35.3 Å². The van der Waals surface area contributed by atoms with Gasteiger partial charge in [0.15, 0.2) is 0 Å². The van der Waals surface area contributed by atoms with E-state index in [1.165, 1.54) is 11.3 Å². The number of fused-ring (bicyclic) bond motifs is 1. The lowest BCUT2D eigenvalue weighted by molar-refractivity contribution is 0.455. The highest BCUT2D eigenvalue weighted by Crippen LogP contribution is 2.39. The fraction of sp³-hybridized carbons (Fsp3) is 0.429. The van der Waals surface area contributed by atoms with Gasteiger partial charge in [-0.15, -0.1) is 0 Å². The lowest BCUT2D eigenvalue weighted by Gasteiger charge is -2.21. The molecule has 0 fully saturated rings. The number of aromatic nitrogens is 3. The molecule has 0 aromatic carbocycles. The summed E-state index contributed by atoms with van der Waals surface area (Å²) in [6.07, 6.45) is 6.16. The molecule has 0 amide bonds. The topological polar surface area (TPSA) is 42.7 Å². The Morgan fingerprint density at radius 2 is 2.33 bits per heavy atom. The Morgan fingerprint density at radius 3 is 3.06 bits per heavy atom. The maximum Gasteiger partial charge on any atom is 0.0800 e. The van der Waals surface area contributed by atoms with Gasteiger partial charge >= 0.3 is 0 Å². The molecule has 18 heavy (non-hydrogen) atoms. The van der Waals surface area contributed by atoms with Crippen LogP contribution in [0.5, 0.6) is 0 Å². The Hall–Kier alpha value is -1.68. The quantitative estimate of drug-likeness (QED) is 0.892. The molecule has 94 valence electrons. The van der Waals surface area contributed by atoms with Crippen LogP contribution in [0, 0.1) is 0 Å². The maximum absolute atomic E-state index is 4.57. The first-order valence-electron chi connectivity index (χ1n) is 6.40. The smallest absolute Gasteiger partial charge is 0.0800 e. The Balaban J connectivity index is 1.95. The zero-order valence-electron chi connectivity index (χ0n) is 10.8. The van der Waals surface area contributed by atoms with E-state index < -0.39 is 0 Å². The van der Waals surface area contributed by atoms with Crippen molar-refractivity contribution >= 4 is 0 Å². The number of likely N-dealkylation sites (N-methyl/N-ethyl adjacent to an activating group) is 1. The summed E-state index contributed by atoms with van der Waals surface area (Å²) in [7, 11) is 3.96. The van der Waals surface area contributed by atoms with Crippen molar-refractivity contribution in [2.24, 2.45) is 7.05 Å². The van der Waals surface area contributed by atoms with Crippen LogP contribution in [0.3, 0.4) is 0 Å². The van der Waals surface area contributed by atoms with E-state index in [4.69, 9.17) is 0 Å². The molecule has 1 aliphatic carbocycles. The van der Waals surface area contributed by atoms with Crippen LogP contribution in [0.25, 0.3) is 0 Å². The number of pyridine rings is 1. The molecule has 0 spiro atoms. The van der Waals surface area contributed by atoms with Crippen LogP contribution in [0.15, 0.2) is 30.6 Å². The summed E-state index contributed by atoms with van der Waals surface area (Å²) in [4.78, 5) is 4.57. The predicted molar refractivity (Wildman–Crippen MR) is 70.3 cm³/mol. The van der Waals surface area contributed by atoms with Crippen molar-refractivity contribution in [1.82, 2.24) is 20.1 Å². The van der Waals surface area contributed by atoms with Gasteiger partial charge in [-0.05, 0) is 37.6 Å². The average Bonchev–Trinajstić information content (AvgIpc) is 2.98. The van der Waals surface area contributed by atoms with E-state index in [0.29, 0.717) is 5.92 Å². The van der Waals surface area contributed by atoms with Crippen molar-refractivity contribution in [3.63, 3.8) is 0 Å². The molecule has 4 heteroatoms. The summed E-state index contributed by atoms with van der Waals surface area (Å²) in [5.74, 6) is 0.432. The van der Waals surface area contributed by atoms with E-state index in [9.17, 15) is 0 Å². The SMILES string of the molecule is CNC(c1ccn(C)n1)C1CCc2cccnc21. The minimum Gasteiger partial charge on any atom is -0.311 e. The van der Waals surface area contributed by atoms with Crippen LogP contribution >= 0.6 is 0 Å². The molecule has 1 aliphatic rings. The van der Waals surface area contributed by atoms with E-state index in [1.54, 1.807) is 0 Å². The minimum absolute atomic E-state index is 0.252. The lowest BCUT2D eigenvalue weighted by atomic mass is 9.94. The predicted octanol–water partition coefficient (Wildman–Crippen LogP) is 1.81. The van der Waals surface area contributed by atoms with Crippen LogP contribution in [-0.4, -0.2) is 21.8 Å². The van der Waals surface area contributed by atoms with Crippen LogP contribution < -0.4 is 5.32 Å². The van der Waals surface area contributed by atoms with Crippen molar-refractivity contribution in [2.45, 2.75) is 24.8 Å². The minimum atomic E-state index is 0.252. The molecule has 4 nitrogen and oxygen atoms in total. The number of nitrogens with one attached hydrogen (secondary N) is 1. The second-order valence-corrected chi connectivity index (χ2v) is 4.87. The first kappa shape index (κ1) is 11.4. The van der Waals surface area contributed by atoms with Crippen molar-refractivity contribution in [2.75, 3.05) is 7.05 Å². The highest BCUT2D eigenvalue weighted by atomic mass is 15.3. The fourth-order valence-corrected chi connectivity index (χ4v) is 2.92. The zero-order valence-corrected chi connectivity index (χ0v) is 10.8. The standard InChI is InChI=1S/C14H18N4/c1-15-14(12-7-9-18(2)17-12)11-6-5-10-4-3-8-16-13(10)11/h3-4,7-9,11,14-15H,5-6H2,1-2H3. The molecule has 1 N–H and O–H groups in total. The first-order valence-corrected chi connectivity index (χ1v) is 6.40. The van der Waals surface area contributed by atoms with Crippen LogP contribution in [0.4, 0.5) is 0 Å². The summed E-state index contributed by atoms with van der Waals surface area (Å²) in [6.45, 7) is 0. The Labute approximate surface area is 107 Å². The fourth-order valence-electron chi connectivity index (χ4n) is 2.92. The van der Waals surface area contributed by atoms with Gasteiger partial charge in [-0.2, -0.15) is 5.10 Å². The van der Waals surface area contributed by atoms with Gasteiger partial charge in [-0.3, -0.25) is 9.67 Å². The largest absolute Gasteiger partial charge is 0.311 e. The summed E-state index contributed by atoms with van der Waals surface area (Å²) in [5.41, 5.74) is 3.73. The van der Waals surface area contributed by atoms with E-state index in [2.05, 4.69) is 27.5 Å². The average molecular weight is 242 g/mol. The van der Waals surface area contributed by atoms with Gasteiger partial charge in [0, 0.05) is 31.1 Å². The maximum atomic E-state index is 4.57. The van der Waals surface area contributed by atoms with E-state index >= 15 is 0 Å². The second kappa shape index (κ2) is 4.53.